The first-order valence-electron chi connectivity index (χ1n) is 7.85. The van der Waals surface area contributed by atoms with Gasteiger partial charge in [-0.3, -0.25) is 10.1 Å². The monoisotopic (exact) mass is 353 g/mol. The number of rotatable bonds is 4. The van der Waals surface area contributed by atoms with E-state index in [9.17, 15) is 14.4 Å². The molecule has 1 aromatic heterocycles. The molecule has 2 atom stereocenters. The van der Waals surface area contributed by atoms with Crippen LogP contribution in [-0.2, 0) is 9.53 Å². The van der Waals surface area contributed by atoms with Crippen LogP contribution in [-0.4, -0.2) is 35.5 Å². The summed E-state index contributed by atoms with van der Waals surface area (Å²) in [6, 6.07) is 2.45. The van der Waals surface area contributed by atoms with Crippen LogP contribution in [0.1, 0.15) is 43.0 Å². The van der Waals surface area contributed by atoms with Gasteiger partial charge in [0.05, 0.1) is 5.56 Å². The van der Waals surface area contributed by atoms with E-state index in [1.807, 2.05) is 0 Å². The molecule has 1 fully saturated rings. The molecule has 8 heteroatoms. The van der Waals surface area contributed by atoms with Crippen LogP contribution in [0.25, 0.3) is 0 Å². The van der Waals surface area contributed by atoms with Gasteiger partial charge in [-0.25, -0.2) is 14.6 Å². The number of halogens is 1. The summed E-state index contributed by atoms with van der Waals surface area (Å²) >= 11 is 5.76. The number of hydrogen-bond donors (Lipinski definition) is 2. The topological polar surface area (TPSA) is 97.4 Å². The zero-order valence-electron chi connectivity index (χ0n) is 13.4. The molecule has 0 aromatic carbocycles. The zero-order valence-corrected chi connectivity index (χ0v) is 14.1. The Morgan fingerprint density at radius 2 is 2.08 bits per heavy atom. The van der Waals surface area contributed by atoms with Gasteiger partial charge in [-0.1, -0.05) is 31.4 Å². The SMILES string of the molecule is C[C@@H]1CCCC[C@@H]1NC(=O)NC(=O)COC(=O)c1cccnc1Cl. The molecule has 1 aliphatic rings. The van der Waals surface area contributed by atoms with E-state index < -0.39 is 24.5 Å². The Bertz CT molecular complexity index is 623. The highest BCUT2D eigenvalue weighted by atomic mass is 35.5. The average Bonchev–Trinajstić information content (AvgIpc) is 2.55. The average molecular weight is 354 g/mol. The van der Waals surface area contributed by atoms with E-state index in [2.05, 4.69) is 22.5 Å². The Hall–Kier alpha value is -2.15. The Morgan fingerprint density at radius 1 is 1.33 bits per heavy atom. The zero-order chi connectivity index (χ0) is 17.5. The lowest BCUT2D eigenvalue weighted by molar-refractivity contribution is -0.123. The minimum atomic E-state index is -0.774. The number of aromatic nitrogens is 1. The maximum Gasteiger partial charge on any atom is 0.341 e. The molecule has 2 N–H and O–H groups in total. The number of amides is 3. The summed E-state index contributed by atoms with van der Waals surface area (Å²) in [5.41, 5.74) is 0.0625. The van der Waals surface area contributed by atoms with Crippen molar-refractivity contribution in [2.45, 2.75) is 38.6 Å². The van der Waals surface area contributed by atoms with Crippen molar-refractivity contribution in [3.63, 3.8) is 0 Å². The van der Waals surface area contributed by atoms with Gasteiger partial charge in [0.2, 0.25) is 0 Å². The molecule has 0 bridgehead atoms. The minimum absolute atomic E-state index is 0.00747. The van der Waals surface area contributed by atoms with E-state index in [4.69, 9.17) is 16.3 Å². The third-order valence-corrected chi connectivity index (χ3v) is 4.30. The summed E-state index contributed by atoms with van der Waals surface area (Å²) in [7, 11) is 0. The van der Waals surface area contributed by atoms with Crippen molar-refractivity contribution >= 4 is 29.5 Å². The second-order valence-corrected chi connectivity index (χ2v) is 6.17. The van der Waals surface area contributed by atoms with E-state index in [0.717, 1.165) is 25.7 Å². The summed E-state index contributed by atoms with van der Waals surface area (Å²) in [6.07, 6.45) is 5.61. The maximum absolute atomic E-state index is 11.8. The quantitative estimate of drug-likeness (QED) is 0.639. The Morgan fingerprint density at radius 3 is 2.79 bits per heavy atom. The third kappa shape index (κ3) is 5.19. The molecule has 1 saturated carbocycles. The standard InChI is InChI=1S/C16H20ClN3O4/c1-10-5-2-3-7-12(10)19-16(23)20-13(21)9-24-15(22)11-6-4-8-18-14(11)17/h4,6,8,10,12H,2-3,5,7,9H2,1H3,(H2,19,20,21,23)/t10-,12+/m1/s1. The van der Waals surface area contributed by atoms with Crippen LogP contribution in [0.2, 0.25) is 5.15 Å². The van der Waals surface area contributed by atoms with Gasteiger partial charge in [-0.15, -0.1) is 0 Å². The van der Waals surface area contributed by atoms with Gasteiger partial charge >= 0.3 is 12.0 Å². The van der Waals surface area contributed by atoms with Gasteiger partial charge in [-0.05, 0) is 30.9 Å². The molecular formula is C16H20ClN3O4. The number of hydrogen-bond acceptors (Lipinski definition) is 5. The minimum Gasteiger partial charge on any atom is -0.452 e. The molecular weight excluding hydrogens is 334 g/mol. The number of nitrogens with zero attached hydrogens (tertiary/aromatic N) is 1. The van der Waals surface area contributed by atoms with Crippen LogP contribution in [0.5, 0.6) is 0 Å². The number of urea groups is 1. The maximum atomic E-state index is 11.8. The number of pyridine rings is 1. The molecule has 1 aromatic rings. The van der Waals surface area contributed by atoms with Gasteiger partial charge in [0.25, 0.3) is 5.91 Å². The second-order valence-electron chi connectivity index (χ2n) is 5.81. The first-order valence-corrected chi connectivity index (χ1v) is 8.23. The van der Waals surface area contributed by atoms with Crippen molar-refractivity contribution in [3.05, 3.63) is 29.0 Å². The fourth-order valence-electron chi connectivity index (χ4n) is 2.65. The number of nitrogens with one attached hydrogen (secondary N) is 2. The third-order valence-electron chi connectivity index (χ3n) is 3.99. The molecule has 0 unspecified atom stereocenters. The number of ether oxygens (including phenoxy) is 1. The predicted molar refractivity (Wildman–Crippen MR) is 87.6 cm³/mol. The van der Waals surface area contributed by atoms with Gasteiger partial charge < -0.3 is 10.1 Å². The Kier molecular flexibility index (Phi) is 6.54. The smallest absolute Gasteiger partial charge is 0.341 e. The van der Waals surface area contributed by atoms with Crippen LogP contribution in [0, 0.1) is 5.92 Å². The Labute approximate surface area is 145 Å². The molecule has 1 aliphatic carbocycles. The second kappa shape index (κ2) is 8.63. The molecule has 130 valence electrons. The van der Waals surface area contributed by atoms with Crippen molar-refractivity contribution in [1.82, 2.24) is 15.6 Å². The summed E-state index contributed by atoms with van der Waals surface area (Å²) in [5.74, 6) is -1.10. The van der Waals surface area contributed by atoms with Crippen LogP contribution in [0.3, 0.4) is 0 Å². The lowest BCUT2D eigenvalue weighted by Gasteiger charge is -2.29. The van der Waals surface area contributed by atoms with E-state index in [-0.39, 0.29) is 16.8 Å². The lowest BCUT2D eigenvalue weighted by atomic mass is 9.86. The molecule has 7 nitrogen and oxygen atoms in total. The largest absolute Gasteiger partial charge is 0.452 e. The highest BCUT2D eigenvalue weighted by Gasteiger charge is 2.23. The fraction of sp³-hybridized carbons (Fsp3) is 0.500. The van der Waals surface area contributed by atoms with E-state index in [1.165, 1.54) is 18.3 Å². The summed E-state index contributed by atoms with van der Waals surface area (Å²) < 4.78 is 4.83. The number of carbonyl (C=O) groups excluding carboxylic acids is 3. The Balaban J connectivity index is 1.75. The highest BCUT2D eigenvalue weighted by molar-refractivity contribution is 6.32. The molecule has 0 radical (unpaired) electrons. The van der Waals surface area contributed by atoms with Crippen LogP contribution < -0.4 is 10.6 Å². The highest BCUT2D eigenvalue weighted by Crippen LogP contribution is 2.23. The van der Waals surface area contributed by atoms with Gasteiger partial charge in [0.1, 0.15) is 5.15 Å². The molecule has 3 amide bonds. The first-order chi connectivity index (χ1) is 11.5. The van der Waals surface area contributed by atoms with Crippen molar-refractivity contribution in [2.75, 3.05) is 6.61 Å². The molecule has 0 saturated heterocycles. The molecule has 2 rings (SSSR count). The van der Waals surface area contributed by atoms with E-state index >= 15 is 0 Å². The van der Waals surface area contributed by atoms with Gasteiger partial charge in [0, 0.05) is 12.2 Å². The van der Waals surface area contributed by atoms with Crippen LogP contribution in [0.4, 0.5) is 4.79 Å². The number of carbonyl (C=O) groups is 3. The molecule has 0 aliphatic heterocycles. The van der Waals surface area contributed by atoms with Crippen LogP contribution >= 0.6 is 11.6 Å². The van der Waals surface area contributed by atoms with Crippen molar-refractivity contribution in [3.8, 4) is 0 Å². The predicted octanol–water partition coefficient (Wildman–Crippen LogP) is 2.30. The fourth-order valence-corrected chi connectivity index (χ4v) is 2.84. The molecule has 24 heavy (non-hydrogen) atoms. The van der Waals surface area contributed by atoms with E-state index in [1.54, 1.807) is 0 Å². The number of esters is 1. The van der Waals surface area contributed by atoms with Crippen LogP contribution in [0.15, 0.2) is 18.3 Å². The normalized spacial score (nSPS) is 20.1. The van der Waals surface area contributed by atoms with Gasteiger partial charge in [-0.2, -0.15) is 0 Å². The molecule has 1 heterocycles. The van der Waals surface area contributed by atoms with Gasteiger partial charge in [0.15, 0.2) is 6.61 Å². The van der Waals surface area contributed by atoms with Crippen molar-refractivity contribution < 1.29 is 19.1 Å². The van der Waals surface area contributed by atoms with E-state index in [0.29, 0.717) is 5.92 Å². The summed E-state index contributed by atoms with van der Waals surface area (Å²) in [4.78, 5) is 39.1. The lowest BCUT2D eigenvalue weighted by Crippen LogP contribution is -2.48. The molecule has 0 spiro atoms. The van der Waals surface area contributed by atoms with Crippen molar-refractivity contribution in [2.24, 2.45) is 5.92 Å². The number of imide groups is 1. The van der Waals surface area contributed by atoms with Crippen molar-refractivity contribution in [1.29, 1.82) is 0 Å². The summed E-state index contributed by atoms with van der Waals surface area (Å²) in [5, 5.41) is 4.93. The summed E-state index contributed by atoms with van der Waals surface area (Å²) in [6.45, 7) is 1.50. The first kappa shape index (κ1) is 18.2.